The molecule has 1 atom stereocenters. The molecule has 0 aromatic heterocycles. The molecule has 1 aromatic rings. The monoisotopic (exact) mass is 257 g/mol. The minimum absolute atomic E-state index is 0.610. The van der Waals surface area contributed by atoms with Gasteiger partial charge < -0.3 is 5.32 Å². The average Bonchev–Trinajstić information content (AvgIpc) is 2.27. The first-order chi connectivity index (χ1) is 7.76. The van der Waals surface area contributed by atoms with E-state index in [-0.39, 0.29) is 0 Å². The van der Waals surface area contributed by atoms with Gasteiger partial charge in [-0.2, -0.15) is 0 Å². The van der Waals surface area contributed by atoms with E-state index in [1.54, 1.807) is 0 Å². The topological polar surface area (TPSA) is 12.0 Å². The van der Waals surface area contributed by atoms with Crippen LogP contribution in [-0.2, 0) is 0 Å². The third kappa shape index (κ3) is 5.24. The van der Waals surface area contributed by atoms with Crippen LogP contribution in [0.2, 0.25) is 5.02 Å². The Morgan fingerprint density at radius 1 is 1.38 bits per heavy atom. The Labute approximate surface area is 108 Å². The molecule has 0 fully saturated rings. The van der Waals surface area contributed by atoms with Crippen LogP contribution in [0.3, 0.4) is 0 Å². The van der Waals surface area contributed by atoms with Crippen LogP contribution in [0.5, 0.6) is 0 Å². The number of thioether (sulfide) groups is 1. The normalized spacial score (nSPS) is 12.7. The molecule has 0 aliphatic heterocycles. The molecule has 90 valence electrons. The molecule has 1 N–H and O–H groups in total. The third-order valence-corrected chi connectivity index (χ3v) is 3.77. The highest BCUT2D eigenvalue weighted by atomic mass is 35.5. The molecule has 1 rings (SSSR count). The van der Waals surface area contributed by atoms with E-state index >= 15 is 0 Å². The van der Waals surface area contributed by atoms with E-state index in [0.29, 0.717) is 6.04 Å². The van der Waals surface area contributed by atoms with Crippen molar-refractivity contribution in [3.63, 3.8) is 0 Å². The average molecular weight is 258 g/mol. The van der Waals surface area contributed by atoms with Crippen molar-refractivity contribution >= 4 is 23.4 Å². The molecule has 0 radical (unpaired) electrons. The van der Waals surface area contributed by atoms with Crippen molar-refractivity contribution in [2.45, 2.75) is 37.6 Å². The maximum Gasteiger partial charge on any atom is 0.0417 e. The fourth-order valence-corrected chi connectivity index (χ4v) is 2.95. The van der Waals surface area contributed by atoms with Crippen LogP contribution in [0.15, 0.2) is 29.2 Å². The van der Waals surface area contributed by atoms with Gasteiger partial charge in [0.15, 0.2) is 0 Å². The molecule has 0 heterocycles. The van der Waals surface area contributed by atoms with Gasteiger partial charge in [0.1, 0.15) is 0 Å². The summed E-state index contributed by atoms with van der Waals surface area (Å²) >= 11 is 7.83. The molecule has 0 bridgehead atoms. The molecule has 1 nitrogen and oxygen atoms in total. The summed E-state index contributed by atoms with van der Waals surface area (Å²) in [5.41, 5.74) is 0. The summed E-state index contributed by atoms with van der Waals surface area (Å²) in [7, 11) is 0. The van der Waals surface area contributed by atoms with Gasteiger partial charge in [-0.15, -0.1) is 11.8 Å². The number of halogens is 1. The Morgan fingerprint density at radius 3 is 2.81 bits per heavy atom. The van der Waals surface area contributed by atoms with Crippen LogP contribution in [0.4, 0.5) is 0 Å². The fourth-order valence-electron chi connectivity index (χ4n) is 1.64. The Morgan fingerprint density at radius 2 is 2.19 bits per heavy atom. The SMILES string of the molecule is CCCC(CSc1cccc(Cl)c1)NCC. The zero-order chi connectivity index (χ0) is 11.8. The number of hydrogen-bond acceptors (Lipinski definition) is 2. The van der Waals surface area contributed by atoms with Gasteiger partial charge in [0.25, 0.3) is 0 Å². The van der Waals surface area contributed by atoms with Gasteiger partial charge in [0.2, 0.25) is 0 Å². The van der Waals surface area contributed by atoms with Crippen LogP contribution >= 0.6 is 23.4 Å². The summed E-state index contributed by atoms with van der Waals surface area (Å²) in [5.74, 6) is 1.11. The summed E-state index contributed by atoms with van der Waals surface area (Å²) in [4.78, 5) is 1.26. The van der Waals surface area contributed by atoms with E-state index in [9.17, 15) is 0 Å². The standard InChI is InChI=1S/C13H20ClNS/c1-3-6-12(15-4-2)10-16-13-8-5-7-11(14)9-13/h5,7-9,12,15H,3-4,6,10H2,1-2H3. The quantitative estimate of drug-likeness (QED) is 0.735. The number of benzene rings is 1. The van der Waals surface area contributed by atoms with Gasteiger partial charge in [-0.05, 0) is 31.2 Å². The summed E-state index contributed by atoms with van der Waals surface area (Å²) in [6.07, 6.45) is 2.47. The van der Waals surface area contributed by atoms with Crippen LogP contribution < -0.4 is 5.32 Å². The van der Waals surface area contributed by atoms with E-state index in [2.05, 4.69) is 25.2 Å². The molecule has 3 heteroatoms. The predicted molar refractivity (Wildman–Crippen MR) is 74.5 cm³/mol. The second-order valence-electron chi connectivity index (χ2n) is 3.81. The largest absolute Gasteiger partial charge is 0.313 e. The maximum absolute atomic E-state index is 5.95. The molecule has 0 saturated heterocycles. The molecule has 0 saturated carbocycles. The number of hydrogen-bond donors (Lipinski definition) is 1. The highest BCUT2D eigenvalue weighted by molar-refractivity contribution is 7.99. The molecule has 1 unspecified atom stereocenters. The van der Waals surface area contributed by atoms with Crippen molar-refractivity contribution in [1.82, 2.24) is 5.32 Å². The highest BCUT2D eigenvalue weighted by Crippen LogP contribution is 2.22. The Hall–Kier alpha value is -0.180. The van der Waals surface area contributed by atoms with Gasteiger partial charge in [0, 0.05) is 21.7 Å². The number of nitrogens with one attached hydrogen (secondary N) is 1. The van der Waals surface area contributed by atoms with Crippen molar-refractivity contribution < 1.29 is 0 Å². The van der Waals surface area contributed by atoms with Crippen molar-refractivity contribution in [3.8, 4) is 0 Å². The van der Waals surface area contributed by atoms with Crippen molar-refractivity contribution in [2.75, 3.05) is 12.3 Å². The Kier molecular flexibility index (Phi) is 6.93. The van der Waals surface area contributed by atoms with Crippen LogP contribution in [-0.4, -0.2) is 18.3 Å². The summed E-state index contributed by atoms with van der Waals surface area (Å²) in [5, 5.41) is 4.33. The Bertz CT molecular complexity index is 298. The minimum atomic E-state index is 0.610. The lowest BCUT2D eigenvalue weighted by atomic mass is 10.2. The van der Waals surface area contributed by atoms with Crippen LogP contribution in [0, 0.1) is 0 Å². The van der Waals surface area contributed by atoms with E-state index in [0.717, 1.165) is 17.3 Å². The molecule has 0 spiro atoms. The van der Waals surface area contributed by atoms with E-state index in [1.807, 2.05) is 30.0 Å². The van der Waals surface area contributed by atoms with E-state index < -0.39 is 0 Å². The van der Waals surface area contributed by atoms with E-state index in [4.69, 9.17) is 11.6 Å². The van der Waals surface area contributed by atoms with Crippen molar-refractivity contribution in [2.24, 2.45) is 0 Å². The highest BCUT2D eigenvalue weighted by Gasteiger charge is 2.06. The smallest absolute Gasteiger partial charge is 0.0417 e. The first kappa shape index (κ1) is 13.9. The first-order valence-electron chi connectivity index (χ1n) is 5.88. The fraction of sp³-hybridized carbons (Fsp3) is 0.538. The van der Waals surface area contributed by atoms with Gasteiger partial charge >= 0.3 is 0 Å². The van der Waals surface area contributed by atoms with Crippen LogP contribution in [0.1, 0.15) is 26.7 Å². The third-order valence-electron chi connectivity index (χ3n) is 2.38. The summed E-state index contributed by atoms with van der Waals surface area (Å²) in [6, 6.07) is 8.68. The molecule has 0 aliphatic rings. The lowest BCUT2D eigenvalue weighted by Gasteiger charge is -2.16. The molecule has 1 aromatic carbocycles. The number of rotatable bonds is 7. The van der Waals surface area contributed by atoms with Gasteiger partial charge in [-0.25, -0.2) is 0 Å². The Balaban J connectivity index is 2.41. The first-order valence-corrected chi connectivity index (χ1v) is 7.24. The van der Waals surface area contributed by atoms with Crippen LogP contribution in [0.25, 0.3) is 0 Å². The molecular weight excluding hydrogens is 238 g/mol. The minimum Gasteiger partial charge on any atom is -0.313 e. The maximum atomic E-state index is 5.95. The second-order valence-corrected chi connectivity index (χ2v) is 5.34. The zero-order valence-corrected chi connectivity index (χ0v) is 11.6. The molecular formula is C13H20ClNS. The van der Waals surface area contributed by atoms with E-state index in [1.165, 1.54) is 17.7 Å². The summed E-state index contributed by atoms with van der Waals surface area (Å²) < 4.78 is 0. The molecule has 0 aliphatic carbocycles. The van der Waals surface area contributed by atoms with Crippen molar-refractivity contribution in [3.05, 3.63) is 29.3 Å². The van der Waals surface area contributed by atoms with Gasteiger partial charge in [-0.3, -0.25) is 0 Å². The van der Waals surface area contributed by atoms with Crippen molar-refractivity contribution in [1.29, 1.82) is 0 Å². The molecule has 0 amide bonds. The lowest BCUT2D eigenvalue weighted by Crippen LogP contribution is -2.30. The predicted octanol–water partition coefficient (Wildman–Crippen LogP) is 4.21. The summed E-state index contributed by atoms with van der Waals surface area (Å²) in [6.45, 7) is 5.43. The second kappa shape index (κ2) is 7.99. The van der Waals surface area contributed by atoms with Gasteiger partial charge in [-0.1, -0.05) is 37.9 Å². The zero-order valence-electron chi connectivity index (χ0n) is 10.0. The van der Waals surface area contributed by atoms with Gasteiger partial charge in [0.05, 0.1) is 0 Å². The molecule has 16 heavy (non-hydrogen) atoms. The lowest BCUT2D eigenvalue weighted by molar-refractivity contribution is 0.531.